The summed E-state index contributed by atoms with van der Waals surface area (Å²) in [5, 5.41) is 0.0731. The molecule has 2 aromatic rings. The molecule has 22 heavy (non-hydrogen) atoms. The maximum absolute atomic E-state index is 12.3. The second kappa shape index (κ2) is 5.81. The summed E-state index contributed by atoms with van der Waals surface area (Å²) in [4.78, 5) is 14.2. The highest BCUT2D eigenvalue weighted by Gasteiger charge is 2.33. The number of carbonyl (C=O) groups excluding carboxylic acids is 1. The first kappa shape index (κ1) is 15.2. The van der Waals surface area contributed by atoms with Crippen molar-refractivity contribution in [1.82, 2.24) is 0 Å². The van der Waals surface area contributed by atoms with Crippen LogP contribution in [0.5, 0.6) is 0 Å². The van der Waals surface area contributed by atoms with Gasteiger partial charge in [0.1, 0.15) is 5.37 Å². The molecule has 0 aliphatic carbocycles. The highest BCUT2D eigenvalue weighted by molar-refractivity contribution is 8.00. The molecule has 3 rings (SSSR count). The third-order valence-electron chi connectivity index (χ3n) is 3.96. The van der Waals surface area contributed by atoms with Crippen molar-refractivity contribution in [2.45, 2.75) is 31.6 Å². The molecule has 1 aliphatic heterocycles. The Morgan fingerprint density at radius 2 is 1.64 bits per heavy atom. The minimum atomic E-state index is 0.0731. The van der Waals surface area contributed by atoms with Crippen LogP contribution in [0.2, 0.25) is 0 Å². The summed E-state index contributed by atoms with van der Waals surface area (Å²) in [7, 11) is 0. The fourth-order valence-corrected chi connectivity index (χ4v) is 3.86. The Bertz CT molecular complexity index is 658. The first-order valence-corrected chi connectivity index (χ1v) is 8.61. The van der Waals surface area contributed by atoms with Crippen molar-refractivity contribution in [3.8, 4) is 0 Å². The fourth-order valence-electron chi connectivity index (χ4n) is 2.69. The van der Waals surface area contributed by atoms with Crippen molar-refractivity contribution in [2.24, 2.45) is 0 Å². The highest BCUT2D eigenvalue weighted by atomic mass is 32.2. The molecule has 0 saturated carbocycles. The number of amides is 1. The van der Waals surface area contributed by atoms with E-state index in [2.05, 4.69) is 45.0 Å². The molecule has 1 saturated heterocycles. The van der Waals surface area contributed by atoms with E-state index in [0.29, 0.717) is 5.75 Å². The lowest BCUT2D eigenvalue weighted by Crippen LogP contribution is -2.27. The molecule has 1 amide bonds. The largest absolute Gasteiger partial charge is 0.295 e. The van der Waals surface area contributed by atoms with Gasteiger partial charge in [-0.15, -0.1) is 11.8 Å². The smallest absolute Gasteiger partial charge is 0.238 e. The van der Waals surface area contributed by atoms with Crippen LogP contribution in [-0.2, 0) is 10.2 Å². The van der Waals surface area contributed by atoms with Crippen LogP contribution in [-0.4, -0.2) is 11.7 Å². The van der Waals surface area contributed by atoms with Crippen LogP contribution in [0.4, 0.5) is 5.69 Å². The monoisotopic (exact) mass is 311 g/mol. The summed E-state index contributed by atoms with van der Waals surface area (Å²) in [5.41, 5.74) is 3.63. The molecule has 1 fully saturated rings. The Kier molecular flexibility index (Phi) is 4.00. The number of hydrogen-bond acceptors (Lipinski definition) is 2. The number of carbonyl (C=O) groups is 1. The first-order chi connectivity index (χ1) is 10.5. The summed E-state index contributed by atoms with van der Waals surface area (Å²) < 4.78 is 0. The highest BCUT2D eigenvalue weighted by Crippen LogP contribution is 2.41. The summed E-state index contributed by atoms with van der Waals surface area (Å²) in [6, 6.07) is 18.6. The van der Waals surface area contributed by atoms with Gasteiger partial charge in [0.2, 0.25) is 5.91 Å². The van der Waals surface area contributed by atoms with Crippen LogP contribution < -0.4 is 4.90 Å². The lowest BCUT2D eigenvalue weighted by molar-refractivity contribution is -0.115. The van der Waals surface area contributed by atoms with Gasteiger partial charge in [0.25, 0.3) is 0 Å². The summed E-state index contributed by atoms with van der Waals surface area (Å²) >= 11 is 1.70. The van der Waals surface area contributed by atoms with Crippen LogP contribution in [0.3, 0.4) is 0 Å². The maximum atomic E-state index is 12.3. The lowest BCUT2D eigenvalue weighted by Gasteiger charge is -2.25. The molecular weight excluding hydrogens is 290 g/mol. The quantitative estimate of drug-likeness (QED) is 0.797. The third kappa shape index (κ3) is 2.91. The van der Waals surface area contributed by atoms with Gasteiger partial charge in [-0.3, -0.25) is 9.69 Å². The summed E-state index contributed by atoms with van der Waals surface area (Å²) in [5.74, 6) is 0.724. The number of benzene rings is 2. The van der Waals surface area contributed by atoms with E-state index in [1.807, 2.05) is 35.2 Å². The van der Waals surface area contributed by atoms with E-state index < -0.39 is 0 Å². The van der Waals surface area contributed by atoms with E-state index in [1.54, 1.807) is 11.8 Å². The summed E-state index contributed by atoms with van der Waals surface area (Å²) in [6.07, 6.45) is 0. The second-order valence-corrected chi connectivity index (χ2v) is 7.70. The van der Waals surface area contributed by atoms with Gasteiger partial charge in [0.05, 0.1) is 5.75 Å². The zero-order valence-electron chi connectivity index (χ0n) is 13.2. The zero-order chi connectivity index (χ0) is 15.7. The molecule has 2 nitrogen and oxygen atoms in total. The normalized spacial score (nSPS) is 18.8. The fraction of sp³-hybridized carbons (Fsp3) is 0.316. The van der Waals surface area contributed by atoms with Crippen LogP contribution in [0.1, 0.15) is 37.3 Å². The van der Waals surface area contributed by atoms with Gasteiger partial charge in [-0.05, 0) is 28.7 Å². The zero-order valence-corrected chi connectivity index (χ0v) is 14.1. The van der Waals surface area contributed by atoms with Crippen LogP contribution in [0, 0.1) is 0 Å². The molecule has 0 bridgehead atoms. The third-order valence-corrected chi connectivity index (χ3v) is 5.18. The Morgan fingerprint density at radius 3 is 2.23 bits per heavy atom. The minimum Gasteiger partial charge on any atom is -0.295 e. The van der Waals surface area contributed by atoms with Crippen molar-refractivity contribution in [3.63, 3.8) is 0 Å². The van der Waals surface area contributed by atoms with Gasteiger partial charge in [-0.25, -0.2) is 0 Å². The Morgan fingerprint density at radius 1 is 1.00 bits per heavy atom. The standard InChI is InChI=1S/C19H21NOS/c1-19(2,3)15-11-9-14(10-12-15)18-20(17(21)13-22-18)16-7-5-4-6-8-16/h4-12,18H,13H2,1-3H3/t18-/m1/s1. The van der Waals surface area contributed by atoms with Gasteiger partial charge < -0.3 is 0 Å². The van der Waals surface area contributed by atoms with E-state index in [4.69, 9.17) is 0 Å². The Labute approximate surface area is 136 Å². The van der Waals surface area contributed by atoms with Crippen LogP contribution in [0.25, 0.3) is 0 Å². The van der Waals surface area contributed by atoms with E-state index in [-0.39, 0.29) is 16.7 Å². The van der Waals surface area contributed by atoms with Crippen molar-refractivity contribution < 1.29 is 4.79 Å². The van der Waals surface area contributed by atoms with Crippen LogP contribution >= 0.6 is 11.8 Å². The molecule has 114 valence electrons. The molecule has 0 aromatic heterocycles. The number of thioether (sulfide) groups is 1. The van der Waals surface area contributed by atoms with E-state index >= 15 is 0 Å². The van der Waals surface area contributed by atoms with E-state index in [0.717, 1.165) is 5.69 Å². The molecule has 0 radical (unpaired) electrons. The topological polar surface area (TPSA) is 20.3 Å². The van der Waals surface area contributed by atoms with E-state index in [1.165, 1.54) is 11.1 Å². The Balaban J connectivity index is 1.92. The van der Waals surface area contributed by atoms with Gasteiger partial charge >= 0.3 is 0 Å². The number of nitrogens with zero attached hydrogens (tertiary/aromatic N) is 1. The predicted octanol–water partition coefficient (Wildman–Crippen LogP) is 4.76. The van der Waals surface area contributed by atoms with Gasteiger partial charge in [0, 0.05) is 5.69 Å². The van der Waals surface area contributed by atoms with Crippen molar-refractivity contribution in [2.75, 3.05) is 10.7 Å². The SMILES string of the molecule is CC(C)(C)c1ccc([C@H]2SCC(=O)N2c2ccccc2)cc1. The minimum absolute atomic E-state index is 0.0731. The van der Waals surface area contributed by atoms with Crippen molar-refractivity contribution in [3.05, 3.63) is 65.7 Å². The average molecular weight is 311 g/mol. The summed E-state index contributed by atoms with van der Waals surface area (Å²) in [6.45, 7) is 6.64. The maximum Gasteiger partial charge on any atom is 0.238 e. The first-order valence-electron chi connectivity index (χ1n) is 7.56. The molecule has 2 aromatic carbocycles. The van der Waals surface area contributed by atoms with Crippen molar-refractivity contribution in [1.29, 1.82) is 0 Å². The number of hydrogen-bond donors (Lipinski definition) is 0. The molecule has 1 aliphatic rings. The Hall–Kier alpha value is -1.74. The lowest BCUT2D eigenvalue weighted by atomic mass is 9.86. The van der Waals surface area contributed by atoms with Gasteiger partial charge in [0.15, 0.2) is 0 Å². The molecule has 0 N–H and O–H groups in total. The molecule has 3 heteroatoms. The van der Waals surface area contributed by atoms with Gasteiger partial charge in [-0.1, -0.05) is 63.2 Å². The predicted molar refractivity (Wildman–Crippen MR) is 94.3 cm³/mol. The number of anilines is 1. The number of para-hydroxylation sites is 1. The molecule has 0 spiro atoms. The van der Waals surface area contributed by atoms with E-state index in [9.17, 15) is 4.79 Å². The van der Waals surface area contributed by atoms with Crippen molar-refractivity contribution >= 4 is 23.4 Å². The average Bonchev–Trinajstić information content (AvgIpc) is 2.89. The number of rotatable bonds is 2. The molecule has 1 atom stereocenters. The van der Waals surface area contributed by atoms with Gasteiger partial charge in [-0.2, -0.15) is 0 Å². The second-order valence-electron chi connectivity index (χ2n) is 6.63. The van der Waals surface area contributed by atoms with Crippen LogP contribution in [0.15, 0.2) is 54.6 Å². The molecule has 1 heterocycles. The molecular formula is C19H21NOS. The molecule has 0 unspecified atom stereocenters.